The first kappa shape index (κ1) is 14.1. The number of nitrogens with zero attached hydrogens (tertiary/aromatic N) is 2. The highest BCUT2D eigenvalue weighted by Gasteiger charge is 2.23. The van der Waals surface area contributed by atoms with E-state index in [0.29, 0.717) is 0 Å². The normalized spacial score (nSPS) is 16.8. The molecule has 0 fully saturated rings. The van der Waals surface area contributed by atoms with Gasteiger partial charge in [0.05, 0.1) is 18.6 Å². The van der Waals surface area contributed by atoms with Crippen LogP contribution in [-0.2, 0) is 19.4 Å². The van der Waals surface area contributed by atoms with Crippen molar-refractivity contribution in [3.8, 4) is 5.75 Å². The molecule has 1 atom stereocenters. The Morgan fingerprint density at radius 3 is 3.19 bits per heavy atom. The Kier molecular flexibility index (Phi) is 4.25. The van der Waals surface area contributed by atoms with Crippen LogP contribution in [0.25, 0.3) is 0 Å². The Labute approximate surface area is 126 Å². The number of hydrogen-bond acceptors (Lipinski definition) is 3. The lowest BCUT2D eigenvalue weighted by Crippen LogP contribution is -2.20. The van der Waals surface area contributed by atoms with Gasteiger partial charge in [-0.2, -0.15) is 0 Å². The SMILES string of the molecule is CCNCCc1cn(CC2Cc3cc(C)ccc3O2)cn1. The molecule has 0 amide bonds. The molecule has 112 valence electrons. The fourth-order valence-electron chi connectivity index (χ4n) is 2.81. The quantitative estimate of drug-likeness (QED) is 0.828. The van der Waals surface area contributed by atoms with E-state index < -0.39 is 0 Å². The average molecular weight is 285 g/mol. The van der Waals surface area contributed by atoms with E-state index in [1.807, 2.05) is 6.33 Å². The number of imidazole rings is 1. The third-order valence-corrected chi connectivity index (χ3v) is 3.87. The number of fused-ring (bicyclic) bond motifs is 1. The summed E-state index contributed by atoms with van der Waals surface area (Å²) in [5, 5.41) is 3.32. The van der Waals surface area contributed by atoms with Gasteiger partial charge in [0.2, 0.25) is 0 Å². The zero-order valence-corrected chi connectivity index (χ0v) is 12.8. The van der Waals surface area contributed by atoms with Crippen LogP contribution in [-0.4, -0.2) is 28.7 Å². The molecule has 1 unspecified atom stereocenters. The van der Waals surface area contributed by atoms with Crippen molar-refractivity contribution in [1.29, 1.82) is 0 Å². The van der Waals surface area contributed by atoms with Crippen LogP contribution in [0.15, 0.2) is 30.7 Å². The first-order chi connectivity index (χ1) is 10.2. The Morgan fingerprint density at radius 1 is 1.43 bits per heavy atom. The summed E-state index contributed by atoms with van der Waals surface area (Å²) in [5.41, 5.74) is 3.76. The summed E-state index contributed by atoms with van der Waals surface area (Å²) in [6.45, 7) is 7.10. The molecule has 0 aliphatic carbocycles. The summed E-state index contributed by atoms with van der Waals surface area (Å²) in [5.74, 6) is 1.04. The molecular formula is C17H23N3O. The van der Waals surface area contributed by atoms with Crippen molar-refractivity contribution >= 4 is 0 Å². The zero-order chi connectivity index (χ0) is 14.7. The molecule has 1 aromatic carbocycles. The van der Waals surface area contributed by atoms with Crippen LogP contribution < -0.4 is 10.1 Å². The molecule has 1 aromatic heterocycles. The second-order valence-electron chi connectivity index (χ2n) is 5.72. The fraction of sp³-hybridized carbons (Fsp3) is 0.471. The van der Waals surface area contributed by atoms with Crippen molar-refractivity contribution in [3.63, 3.8) is 0 Å². The Morgan fingerprint density at radius 2 is 2.33 bits per heavy atom. The van der Waals surface area contributed by atoms with Crippen molar-refractivity contribution in [2.45, 2.75) is 39.3 Å². The molecule has 3 rings (SSSR count). The number of hydrogen-bond donors (Lipinski definition) is 1. The first-order valence-corrected chi connectivity index (χ1v) is 7.72. The fourth-order valence-corrected chi connectivity index (χ4v) is 2.81. The number of rotatable bonds is 6. The monoisotopic (exact) mass is 285 g/mol. The Balaban J connectivity index is 1.56. The second-order valence-corrected chi connectivity index (χ2v) is 5.72. The maximum Gasteiger partial charge on any atom is 0.123 e. The third kappa shape index (κ3) is 3.45. The van der Waals surface area contributed by atoms with Gasteiger partial charge < -0.3 is 14.6 Å². The summed E-state index contributed by atoms with van der Waals surface area (Å²) in [7, 11) is 0. The average Bonchev–Trinajstić information content (AvgIpc) is 3.05. The number of likely N-dealkylation sites (N-methyl/N-ethyl adjacent to an activating group) is 1. The molecule has 4 nitrogen and oxygen atoms in total. The van der Waals surface area contributed by atoms with E-state index >= 15 is 0 Å². The highest BCUT2D eigenvalue weighted by atomic mass is 16.5. The number of aryl methyl sites for hydroxylation is 1. The third-order valence-electron chi connectivity index (χ3n) is 3.87. The summed E-state index contributed by atoms with van der Waals surface area (Å²) in [4.78, 5) is 4.46. The van der Waals surface area contributed by atoms with Crippen LogP contribution in [0.3, 0.4) is 0 Å². The van der Waals surface area contributed by atoms with Crippen LogP contribution in [0, 0.1) is 6.92 Å². The molecule has 0 bridgehead atoms. The number of aromatic nitrogens is 2. The van der Waals surface area contributed by atoms with E-state index in [1.54, 1.807) is 0 Å². The molecule has 0 spiro atoms. The molecular weight excluding hydrogens is 262 g/mol. The van der Waals surface area contributed by atoms with Crippen LogP contribution in [0.5, 0.6) is 5.75 Å². The summed E-state index contributed by atoms with van der Waals surface area (Å²) in [6, 6.07) is 6.42. The van der Waals surface area contributed by atoms with Gasteiger partial charge in [0.25, 0.3) is 0 Å². The topological polar surface area (TPSA) is 39.1 Å². The van der Waals surface area contributed by atoms with Crippen molar-refractivity contribution in [2.24, 2.45) is 0 Å². The molecule has 1 N–H and O–H groups in total. The minimum atomic E-state index is 0.220. The number of benzene rings is 1. The number of nitrogens with one attached hydrogen (secondary N) is 1. The summed E-state index contributed by atoms with van der Waals surface area (Å²) in [6.07, 6.45) is 6.24. The van der Waals surface area contributed by atoms with Crippen LogP contribution in [0.2, 0.25) is 0 Å². The van der Waals surface area contributed by atoms with Gasteiger partial charge in [-0.25, -0.2) is 4.98 Å². The maximum absolute atomic E-state index is 6.01. The second kappa shape index (κ2) is 6.31. The predicted molar refractivity (Wildman–Crippen MR) is 83.8 cm³/mol. The van der Waals surface area contributed by atoms with Gasteiger partial charge in [0, 0.05) is 25.6 Å². The van der Waals surface area contributed by atoms with Gasteiger partial charge in [0.1, 0.15) is 11.9 Å². The zero-order valence-electron chi connectivity index (χ0n) is 12.8. The highest BCUT2D eigenvalue weighted by Crippen LogP contribution is 2.30. The van der Waals surface area contributed by atoms with Crippen LogP contribution in [0.4, 0.5) is 0 Å². The highest BCUT2D eigenvalue weighted by molar-refractivity contribution is 5.40. The maximum atomic E-state index is 6.01. The van der Waals surface area contributed by atoms with Crippen molar-refractivity contribution in [3.05, 3.63) is 47.5 Å². The van der Waals surface area contributed by atoms with E-state index in [4.69, 9.17) is 4.74 Å². The van der Waals surface area contributed by atoms with Crippen LogP contribution in [0.1, 0.15) is 23.7 Å². The van der Waals surface area contributed by atoms with E-state index in [9.17, 15) is 0 Å². The van der Waals surface area contributed by atoms with Gasteiger partial charge in [-0.05, 0) is 25.1 Å². The lowest BCUT2D eigenvalue weighted by Gasteiger charge is -2.10. The van der Waals surface area contributed by atoms with E-state index in [0.717, 1.165) is 43.9 Å². The molecule has 4 heteroatoms. The van der Waals surface area contributed by atoms with Crippen molar-refractivity contribution in [1.82, 2.24) is 14.9 Å². The van der Waals surface area contributed by atoms with E-state index in [2.05, 4.69) is 53.1 Å². The lowest BCUT2D eigenvalue weighted by molar-refractivity contribution is 0.209. The smallest absolute Gasteiger partial charge is 0.123 e. The molecule has 1 aliphatic heterocycles. The van der Waals surface area contributed by atoms with Gasteiger partial charge in [-0.1, -0.05) is 24.6 Å². The van der Waals surface area contributed by atoms with Crippen LogP contribution >= 0.6 is 0 Å². The first-order valence-electron chi connectivity index (χ1n) is 7.72. The molecule has 0 radical (unpaired) electrons. The predicted octanol–water partition coefficient (Wildman–Crippen LogP) is 2.35. The van der Waals surface area contributed by atoms with Gasteiger partial charge >= 0.3 is 0 Å². The Bertz CT molecular complexity index is 606. The molecule has 2 heterocycles. The standard InChI is InChI=1S/C17H23N3O/c1-3-18-7-6-15-10-20(12-19-15)11-16-9-14-8-13(2)4-5-17(14)21-16/h4-5,8,10,12,16,18H,3,6-7,9,11H2,1-2H3. The lowest BCUT2D eigenvalue weighted by atomic mass is 10.1. The summed E-state index contributed by atoms with van der Waals surface area (Å²) < 4.78 is 8.16. The Hall–Kier alpha value is -1.81. The van der Waals surface area contributed by atoms with Crippen molar-refractivity contribution in [2.75, 3.05) is 13.1 Å². The largest absolute Gasteiger partial charge is 0.488 e. The van der Waals surface area contributed by atoms with E-state index in [1.165, 1.54) is 11.1 Å². The van der Waals surface area contributed by atoms with Crippen molar-refractivity contribution < 1.29 is 4.74 Å². The molecule has 2 aromatic rings. The van der Waals surface area contributed by atoms with E-state index in [-0.39, 0.29) is 6.10 Å². The minimum absolute atomic E-state index is 0.220. The molecule has 0 saturated heterocycles. The van der Waals surface area contributed by atoms with Gasteiger partial charge in [-0.15, -0.1) is 0 Å². The van der Waals surface area contributed by atoms with Gasteiger partial charge in [0.15, 0.2) is 0 Å². The molecule has 21 heavy (non-hydrogen) atoms. The van der Waals surface area contributed by atoms with Gasteiger partial charge in [-0.3, -0.25) is 0 Å². The molecule has 1 aliphatic rings. The number of ether oxygens (including phenoxy) is 1. The minimum Gasteiger partial charge on any atom is -0.488 e. The molecule has 0 saturated carbocycles. The summed E-state index contributed by atoms with van der Waals surface area (Å²) >= 11 is 0.